The monoisotopic (exact) mass is 415 g/mol. The second-order valence-corrected chi connectivity index (χ2v) is 6.76. The maximum Gasteiger partial charge on any atom is 0.203 e. The van der Waals surface area contributed by atoms with Crippen molar-refractivity contribution in [2.45, 2.75) is 33.4 Å². The molecule has 30 heavy (non-hydrogen) atoms. The molecular formula is C23H33N3O4. The van der Waals surface area contributed by atoms with Crippen molar-refractivity contribution in [2.24, 2.45) is 4.99 Å². The van der Waals surface area contributed by atoms with Crippen molar-refractivity contribution in [3.63, 3.8) is 0 Å². The summed E-state index contributed by atoms with van der Waals surface area (Å²) >= 11 is 0. The zero-order valence-electron chi connectivity index (χ0n) is 18.7. The maximum atomic E-state index is 6.03. The minimum absolute atomic E-state index is 0.0226. The van der Waals surface area contributed by atoms with Gasteiger partial charge in [0.05, 0.1) is 34.4 Å². The molecule has 0 bridgehead atoms. The normalized spacial score (nSPS) is 12.1. The van der Waals surface area contributed by atoms with Crippen molar-refractivity contribution in [1.82, 2.24) is 10.6 Å². The predicted molar refractivity (Wildman–Crippen MR) is 120 cm³/mol. The zero-order chi connectivity index (χ0) is 21.9. The van der Waals surface area contributed by atoms with E-state index in [-0.39, 0.29) is 6.10 Å². The number of rotatable bonds is 10. The van der Waals surface area contributed by atoms with Crippen molar-refractivity contribution >= 4 is 5.96 Å². The topological polar surface area (TPSA) is 73.3 Å². The van der Waals surface area contributed by atoms with Gasteiger partial charge in [0.15, 0.2) is 17.5 Å². The summed E-state index contributed by atoms with van der Waals surface area (Å²) in [6.45, 7) is 7.89. The Bertz CT molecular complexity index is 839. The molecule has 0 saturated carbocycles. The first-order valence-electron chi connectivity index (χ1n) is 10.1. The molecule has 0 fully saturated rings. The summed E-state index contributed by atoms with van der Waals surface area (Å²) in [6, 6.07) is 11.8. The van der Waals surface area contributed by atoms with Crippen LogP contribution in [0.15, 0.2) is 41.4 Å². The molecule has 0 aromatic heterocycles. The highest BCUT2D eigenvalue weighted by Gasteiger charge is 2.15. The van der Waals surface area contributed by atoms with Crippen LogP contribution in [0.5, 0.6) is 23.0 Å². The van der Waals surface area contributed by atoms with E-state index in [1.54, 1.807) is 21.3 Å². The number of benzene rings is 2. The van der Waals surface area contributed by atoms with E-state index in [9.17, 15) is 0 Å². The summed E-state index contributed by atoms with van der Waals surface area (Å²) in [4.78, 5) is 4.68. The Morgan fingerprint density at radius 2 is 1.67 bits per heavy atom. The molecule has 2 rings (SSSR count). The lowest BCUT2D eigenvalue weighted by molar-refractivity contribution is 0.222. The summed E-state index contributed by atoms with van der Waals surface area (Å²) in [5.41, 5.74) is 2.02. The number of hydrogen-bond acceptors (Lipinski definition) is 5. The molecule has 2 aromatic carbocycles. The van der Waals surface area contributed by atoms with E-state index in [1.165, 1.54) is 0 Å². The van der Waals surface area contributed by atoms with Gasteiger partial charge in [-0.1, -0.05) is 18.2 Å². The highest BCUT2D eigenvalue weighted by atomic mass is 16.5. The highest BCUT2D eigenvalue weighted by molar-refractivity contribution is 5.79. The SMILES string of the molecule is CCNC(=NCc1ccc(OC)c(OC)c1OC)NCC(C)Oc1ccccc1C. The van der Waals surface area contributed by atoms with Crippen LogP contribution in [0.2, 0.25) is 0 Å². The summed E-state index contributed by atoms with van der Waals surface area (Å²) in [7, 11) is 4.80. The zero-order valence-corrected chi connectivity index (χ0v) is 18.7. The quantitative estimate of drug-likeness (QED) is 0.457. The molecule has 1 atom stereocenters. The molecule has 0 heterocycles. The van der Waals surface area contributed by atoms with Gasteiger partial charge in [-0.3, -0.25) is 0 Å². The number of nitrogens with one attached hydrogen (secondary N) is 2. The molecule has 0 amide bonds. The van der Waals surface area contributed by atoms with Gasteiger partial charge in [-0.15, -0.1) is 0 Å². The number of guanidine groups is 1. The molecular weight excluding hydrogens is 382 g/mol. The van der Waals surface area contributed by atoms with E-state index in [1.807, 2.05) is 57.2 Å². The minimum Gasteiger partial charge on any atom is -0.493 e. The maximum absolute atomic E-state index is 6.03. The standard InChI is InChI=1S/C23H33N3O4/c1-7-24-23(25-14-17(3)30-19-11-9-8-10-16(19)2)26-15-18-12-13-20(27-4)22(29-6)21(18)28-5/h8-13,17H,7,14-15H2,1-6H3,(H2,24,25,26). The number of para-hydroxylation sites is 1. The summed E-state index contributed by atoms with van der Waals surface area (Å²) in [6.07, 6.45) is -0.0226. The van der Waals surface area contributed by atoms with Crippen LogP contribution in [0.25, 0.3) is 0 Å². The molecule has 0 aliphatic carbocycles. The van der Waals surface area contributed by atoms with Crippen molar-refractivity contribution in [3.05, 3.63) is 47.5 Å². The van der Waals surface area contributed by atoms with Gasteiger partial charge in [0.25, 0.3) is 0 Å². The lowest BCUT2D eigenvalue weighted by Crippen LogP contribution is -2.41. The van der Waals surface area contributed by atoms with Crippen LogP contribution in [0.3, 0.4) is 0 Å². The third-order valence-corrected chi connectivity index (χ3v) is 4.52. The molecule has 7 nitrogen and oxygen atoms in total. The van der Waals surface area contributed by atoms with Gasteiger partial charge in [-0.25, -0.2) is 4.99 Å². The molecule has 0 saturated heterocycles. The fourth-order valence-corrected chi connectivity index (χ4v) is 2.98. The van der Waals surface area contributed by atoms with Crippen LogP contribution in [0, 0.1) is 6.92 Å². The predicted octanol–water partition coefficient (Wildman–Crippen LogP) is 3.54. The van der Waals surface area contributed by atoms with Gasteiger partial charge in [0, 0.05) is 12.1 Å². The Labute approximate surface area is 179 Å². The number of aliphatic imine (C=N–C) groups is 1. The Kier molecular flexibility index (Phi) is 9.12. The molecule has 7 heteroatoms. The van der Waals surface area contributed by atoms with Crippen LogP contribution < -0.4 is 29.6 Å². The van der Waals surface area contributed by atoms with Crippen LogP contribution in [-0.4, -0.2) is 46.5 Å². The largest absolute Gasteiger partial charge is 0.493 e. The molecule has 0 spiro atoms. The lowest BCUT2D eigenvalue weighted by atomic mass is 10.1. The number of hydrogen-bond donors (Lipinski definition) is 2. The smallest absolute Gasteiger partial charge is 0.203 e. The van der Waals surface area contributed by atoms with E-state index < -0.39 is 0 Å². The Morgan fingerprint density at radius 1 is 0.933 bits per heavy atom. The van der Waals surface area contributed by atoms with E-state index in [0.29, 0.717) is 36.3 Å². The van der Waals surface area contributed by atoms with E-state index in [2.05, 4.69) is 15.6 Å². The van der Waals surface area contributed by atoms with Crippen LogP contribution in [0.4, 0.5) is 0 Å². The summed E-state index contributed by atoms with van der Waals surface area (Å²) in [5, 5.41) is 6.59. The first-order chi connectivity index (χ1) is 14.5. The second kappa shape index (κ2) is 11.8. The van der Waals surface area contributed by atoms with Gasteiger partial charge < -0.3 is 29.6 Å². The summed E-state index contributed by atoms with van der Waals surface area (Å²) < 4.78 is 22.4. The average molecular weight is 416 g/mol. The third kappa shape index (κ3) is 6.20. The van der Waals surface area contributed by atoms with Gasteiger partial charge in [0.1, 0.15) is 11.9 Å². The molecule has 0 aliphatic rings. The number of aryl methyl sites for hydroxylation is 1. The lowest BCUT2D eigenvalue weighted by Gasteiger charge is -2.19. The summed E-state index contributed by atoms with van der Waals surface area (Å²) in [5.74, 6) is 3.39. The molecule has 0 radical (unpaired) electrons. The molecule has 2 N–H and O–H groups in total. The Balaban J connectivity index is 2.06. The number of methoxy groups -OCH3 is 3. The van der Waals surface area contributed by atoms with Crippen LogP contribution >= 0.6 is 0 Å². The van der Waals surface area contributed by atoms with Crippen LogP contribution in [0.1, 0.15) is 25.0 Å². The average Bonchev–Trinajstić information content (AvgIpc) is 2.76. The fraction of sp³-hybridized carbons (Fsp3) is 0.435. The van der Waals surface area contributed by atoms with Crippen LogP contribution in [-0.2, 0) is 6.54 Å². The second-order valence-electron chi connectivity index (χ2n) is 6.76. The molecule has 164 valence electrons. The molecule has 2 aromatic rings. The van der Waals surface area contributed by atoms with Gasteiger partial charge >= 0.3 is 0 Å². The van der Waals surface area contributed by atoms with Crippen molar-refractivity contribution < 1.29 is 18.9 Å². The van der Waals surface area contributed by atoms with E-state index in [0.717, 1.165) is 23.4 Å². The first-order valence-corrected chi connectivity index (χ1v) is 10.1. The molecule has 0 aliphatic heterocycles. The Morgan fingerprint density at radius 3 is 2.30 bits per heavy atom. The van der Waals surface area contributed by atoms with Crippen molar-refractivity contribution in [3.8, 4) is 23.0 Å². The third-order valence-electron chi connectivity index (χ3n) is 4.52. The Hall–Kier alpha value is -3.09. The van der Waals surface area contributed by atoms with E-state index in [4.69, 9.17) is 18.9 Å². The fourth-order valence-electron chi connectivity index (χ4n) is 2.98. The van der Waals surface area contributed by atoms with Crippen molar-refractivity contribution in [1.29, 1.82) is 0 Å². The van der Waals surface area contributed by atoms with Gasteiger partial charge in [-0.2, -0.15) is 0 Å². The van der Waals surface area contributed by atoms with Gasteiger partial charge in [-0.05, 0) is 44.5 Å². The molecule has 1 unspecified atom stereocenters. The first kappa shape index (κ1) is 23.2. The van der Waals surface area contributed by atoms with Gasteiger partial charge in [0.2, 0.25) is 5.75 Å². The van der Waals surface area contributed by atoms with Crippen molar-refractivity contribution in [2.75, 3.05) is 34.4 Å². The minimum atomic E-state index is -0.0226. The van der Waals surface area contributed by atoms with E-state index >= 15 is 0 Å². The number of ether oxygens (including phenoxy) is 4. The highest BCUT2D eigenvalue weighted by Crippen LogP contribution is 2.39. The number of nitrogens with zero attached hydrogens (tertiary/aromatic N) is 1.